The molecule has 0 unspecified atom stereocenters. The average molecular weight is 314 g/mol. The fourth-order valence-corrected chi connectivity index (χ4v) is 3.14. The molecule has 0 atom stereocenters. The fourth-order valence-electron chi connectivity index (χ4n) is 3.14. The van der Waals surface area contributed by atoms with Gasteiger partial charge in [0, 0.05) is 49.3 Å². The van der Waals surface area contributed by atoms with E-state index in [0.29, 0.717) is 0 Å². The first-order chi connectivity index (χ1) is 11.2. The van der Waals surface area contributed by atoms with E-state index in [4.69, 9.17) is 9.84 Å². The van der Waals surface area contributed by atoms with Crippen LogP contribution in [0.2, 0.25) is 0 Å². The molecule has 1 aromatic heterocycles. The normalized spacial score (nSPS) is 14.1. The Labute approximate surface area is 138 Å². The van der Waals surface area contributed by atoms with Crippen molar-refractivity contribution in [3.05, 3.63) is 46.8 Å². The number of nitrogens with zero attached hydrogens (tertiary/aromatic N) is 3. The van der Waals surface area contributed by atoms with E-state index in [-0.39, 0.29) is 0 Å². The minimum Gasteiger partial charge on any atom is -0.496 e. The van der Waals surface area contributed by atoms with E-state index in [0.717, 1.165) is 44.8 Å². The van der Waals surface area contributed by atoms with Crippen molar-refractivity contribution in [3.63, 3.8) is 0 Å². The summed E-state index contributed by atoms with van der Waals surface area (Å²) < 4.78 is 7.70. The van der Waals surface area contributed by atoms with Crippen molar-refractivity contribution in [2.24, 2.45) is 0 Å². The molecule has 1 aliphatic rings. The summed E-state index contributed by atoms with van der Waals surface area (Å²) in [6.07, 6.45) is 1.88. The van der Waals surface area contributed by atoms with Gasteiger partial charge in [-0.05, 0) is 20.2 Å². The third-order valence-electron chi connectivity index (χ3n) is 4.40. The summed E-state index contributed by atoms with van der Waals surface area (Å²) in [4.78, 5) is 2.20. The highest BCUT2D eigenvalue weighted by Gasteiger charge is 2.21. The Balaban J connectivity index is 1.89. The van der Waals surface area contributed by atoms with Gasteiger partial charge in [0.15, 0.2) is 0 Å². The molecule has 0 amide bonds. The maximum atomic E-state index is 5.49. The maximum Gasteiger partial charge on any atom is 0.122 e. The molecule has 2 heterocycles. The predicted octanol–water partition coefficient (Wildman–Crippen LogP) is 1.69. The molecule has 0 radical (unpaired) electrons. The monoisotopic (exact) mass is 314 g/mol. The first-order valence-electron chi connectivity index (χ1n) is 8.24. The van der Waals surface area contributed by atoms with Gasteiger partial charge in [0.1, 0.15) is 5.75 Å². The van der Waals surface area contributed by atoms with Crippen LogP contribution in [0, 0.1) is 0 Å². The molecule has 1 aliphatic heterocycles. The molecular formula is C18H26N4O. The molecule has 5 heteroatoms. The van der Waals surface area contributed by atoms with Gasteiger partial charge in [0.25, 0.3) is 0 Å². The number of methoxy groups -OCH3 is 1. The van der Waals surface area contributed by atoms with Crippen LogP contribution in [0.15, 0.2) is 24.3 Å². The summed E-state index contributed by atoms with van der Waals surface area (Å²) in [7, 11) is 5.94. The smallest absolute Gasteiger partial charge is 0.122 e. The van der Waals surface area contributed by atoms with E-state index in [1.54, 1.807) is 7.11 Å². The number of para-hydroxylation sites is 1. The number of ether oxygens (including phenoxy) is 1. The fraction of sp³-hybridized carbons (Fsp3) is 0.500. The quantitative estimate of drug-likeness (QED) is 0.881. The Bertz CT molecular complexity index is 663. The van der Waals surface area contributed by atoms with Crippen molar-refractivity contribution in [2.75, 3.05) is 34.3 Å². The van der Waals surface area contributed by atoms with Gasteiger partial charge in [0.2, 0.25) is 0 Å². The summed E-state index contributed by atoms with van der Waals surface area (Å²) in [6.45, 7) is 3.91. The van der Waals surface area contributed by atoms with Crippen LogP contribution in [0.25, 0.3) is 0 Å². The SMILES string of the molecule is COc1ccccc1Cc1nn(CCN(C)C)c2c1CNCC2. The first kappa shape index (κ1) is 16.0. The molecule has 23 heavy (non-hydrogen) atoms. The third kappa shape index (κ3) is 3.57. The van der Waals surface area contributed by atoms with E-state index in [1.165, 1.54) is 22.5 Å². The molecule has 5 nitrogen and oxygen atoms in total. The number of hydrogen-bond acceptors (Lipinski definition) is 4. The van der Waals surface area contributed by atoms with E-state index in [9.17, 15) is 0 Å². The molecule has 0 spiro atoms. The van der Waals surface area contributed by atoms with Crippen molar-refractivity contribution >= 4 is 0 Å². The Morgan fingerprint density at radius 1 is 1.30 bits per heavy atom. The van der Waals surface area contributed by atoms with Crippen LogP contribution in [0.1, 0.15) is 22.5 Å². The van der Waals surface area contributed by atoms with Gasteiger partial charge in [-0.2, -0.15) is 5.10 Å². The lowest BCUT2D eigenvalue weighted by atomic mass is 10.0. The van der Waals surface area contributed by atoms with Crippen molar-refractivity contribution in [1.82, 2.24) is 20.0 Å². The minimum absolute atomic E-state index is 0.822. The van der Waals surface area contributed by atoms with Crippen LogP contribution in [0.5, 0.6) is 5.75 Å². The number of hydrogen-bond donors (Lipinski definition) is 1. The second-order valence-corrected chi connectivity index (χ2v) is 6.31. The summed E-state index contributed by atoms with van der Waals surface area (Å²) in [5.74, 6) is 0.938. The van der Waals surface area contributed by atoms with Gasteiger partial charge in [-0.3, -0.25) is 4.68 Å². The second kappa shape index (κ2) is 7.15. The highest BCUT2D eigenvalue weighted by molar-refractivity contribution is 5.39. The first-order valence-corrected chi connectivity index (χ1v) is 8.24. The van der Waals surface area contributed by atoms with Gasteiger partial charge in [-0.1, -0.05) is 18.2 Å². The van der Waals surface area contributed by atoms with Gasteiger partial charge >= 0.3 is 0 Å². The topological polar surface area (TPSA) is 42.3 Å². The second-order valence-electron chi connectivity index (χ2n) is 6.31. The van der Waals surface area contributed by atoms with Gasteiger partial charge in [-0.15, -0.1) is 0 Å². The van der Waals surface area contributed by atoms with Crippen molar-refractivity contribution < 1.29 is 4.74 Å². The molecule has 1 N–H and O–H groups in total. The average Bonchev–Trinajstić information content (AvgIpc) is 2.91. The standard InChI is InChI=1S/C18H26N4O/c1-21(2)10-11-22-17-8-9-19-13-15(17)16(20-22)12-14-6-4-5-7-18(14)23-3/h4-7,19H,8-13H2,1-3H3. The molecule has 124 valence electrons. The third-order valence-corrected chi connectivity index (χ3v) is 4.40. The van der Waals surface area contributed by atoms with Gasteiger partial charge in [0.05, 0.1) is 19.3 Å². The molecule has 1 aromatic carbocycles. The number of rotatable bonds is 6. The highest BCUT2D eigenvalue weighted by atomic mass is 16.5. The minimum atomic E-state index is 0.822. The number of benzene rings is 1. The molecule has 0 bridgehead atoms. The summed E-state index contributed by atoms with van der Waals surface area (Å²) in [6, 6.07) is 8.21. The van der Waals surface area contributed by atoms with Crippen LogP contribution in [-0.4, -0.2) is 49.0 Å². The van der Waals surface area contributed by atoms with Crippen LogP contribution in [0.4, 0.5) is 0 Å². The molecule has 2 aromatic rings. The van der Waals surface area contributed by atoms with Crippen LogP contribution >= 0.6 is 0 Å². The molecule has 0 saturated carbocycles. The van der Waals surface area contributed by atoms with Crippen molar-refractivity contribution in [3.8, 4) is 5.75 Å². The van der Waals surface area contributed by atoms with E-state index < -0.39 is 0 Å². The van der Waals surface area contributed by atoms with Gasteiger partial charge in [-0.25, -0.2) is 0 Å². The van der Waals surface area contributed by atoms with Crippen LogP contribution < -0.4 is 10.1 Å². The largest absolute Gasteiger partial charge is 0.496 e. The molecule has 0 aliphatic carbocycles. The maximum absolute atomic E-state index is 5.49. The lowest BCUT2D eigenvalue weighted by Crippen LogP contribution is -2.26. The Morgan fingerprint density at radius 2 is 2.13 bits per heavy atom. The van der Waals surface area contributed by atoms with Crippen molar-refractivity contribution in [2.45, 2.75) is 25.9 Å². The summed E-state index contributed by atoms with van der Waals surface area (Å²) >= 11 is 0. The highest BCUT2D eigenvalue weighted by Crippen LogP contribution is 2.25. The Kier molecular flexibility index (Phi) is 4.98. The Morgan fingerprint density at radius 3 is 2.91 bits per heavy atom. The van der Waals surface area contributed by atoms with Crippen molar-refractivity contribution in [1.29, 1.82) is 0 Å². The zero-order valence-electron chi connectivity index (χ0n) is 14.3. The zero-order chi connectivity index (χ0) is 16.2. The lowest BCUT2D eigenvalue weighted by Gasteiger charge is -2.17. The van der Waals surface area contributed by atoms with E-state index in [2.05, 4.69) is 41.1 Å². The van der Waals surface area contributed by atoms with E-state index >= 15 is 0 Å². The number of likely N-dealkylation sites (N-methyl/N-ethyl adjacent to an activating group) is 1. The number of aromatic nitrogens is 2. The lowest BCUT2D eigenvalue weighted by molar-refractivity contribution is 0.367. The number of fused-ring (bicyclic) bond motifs is 1. The molecular weight excluding hydrogens is 288 g/mol. The molecule has 0 fully saturated rings. The number of nitrogens with one attached hydrogen (secondary N) is 1. The van der Waals surface area contributed by atoms with E-state index in [1.807, 2.05) is 12.1 Å². The Hall–Kier alpha value is -1.85. The zero-order valence-corrected chi connectivity index (χ0v) is 14.3. The predicted molar refractivity (Wildman–Crippen MR) is 92.0 cm³/mol. The summed E-state index contributed by atoms with van der Waals surface area (Å²) in [5.41, 5.74) is 5.15. The molecule has 0 saturated heterocycles. The summed E-state index contributed by atoms with van der Waals surface area (Å²) in [5, 5.41) is 8.41. The van der Waals surface area contributed by atoms with Crippen LogP contribution in [0.3, 0.4) is 0 Å². The molecule has 3 rings (SSSR count). The van der Waals surface area contributed by atoms with Gasteiger partial charge < -0.3 is 15.0 Å². The van der Waals surface area contributed by atoms with Crippen LogP contribution in [-0.2, 0) is 25.9 Å².